The number of pyridine rings is 1. The summed E-state index contributed by atoms with van der Waals surface area (Å²) in [6, 6.07) is 4.28. The first-order valence-corrected chi connectivity index (χ1v) is 6.28. The fraction of sp³-hybridized carbons (Fsp3) is 0.333. The molecule has 0 bridgehead atoms. The highest BCUT2D eigenvalue weighted by atomic mass is 19.1. The summed E-state index contributed by atoms with van der Waals surface area (Å²) in [6.45, 7) is 4.06. The van der Waals surface area contributed by atoms with E-state index in [0.29, 0.717) is 40.7 Å². The molecule has 0 aliphatic heterocycles. The fourth-order valence-electron chi connectivity index (χ4n) is 2.79. The average Bonchev–Trinajstić information content (AvgIpc) is 2.25. The van der Waals surface area contributed by atoms with Crippen LogP contribution in [-0.2, 0) is 6.42 Å². The fourth-order valence-corrected chi connectivity index (χ4v) is 2.79. The van der Waals surface area contributed by atoms with E-state index in [1.54, 1.807) is 6.07 Å². The van der Waals surface area contributed by atoms with E-state index < -0.39 is 0 Å². The number of nitrogen functional groups attached to an aromatic ring is 1. The number of benzene rings is 1. The number of aromatic nitrogens is 1. The van der Waals surface area contributed by atoms with E-state index in [9.17, 15) is 9.18 Å². The van der Waals surface area contributed by atoms with E-state index in [-0.39, 0.29) is 17.0 Å². The number of anilines is 1. The van der Waals surface area contributed by atoms with Crippen LogP contribution in [0.3, 0.4) is 0 Å². The molecule has 0 unspecified atom stereocenters. The Morgan fingerprint density at radius 2 is 2.05 bits per heavy atom. The van der Waals surface area contributed by atoms with Crippen molar-refractivity contribution in [1.82, 2.24) is 4.98 Å². The third kappa shape index (κ3) is 1.87. The van der Waals surface area contributed by atoms with Crippen LogP contribution in [0.2, 0.25) is 0 Å². The van der Waals surface area contributed by atoms with Gasteiger partial charge in [0.15, 0.2) is 5.78 Å². The van der Waals surface area contributed by atoms with Crippen LogP contribution in [0.4, 0.5) is 10.1 Å². The number of rotatable bonds is 0. The molecule has 2 N–H and O–H groups in total. The molecule has 0 spiro atoms. The molecule has 1 aliphatic carbocycles. The van der Waals surface area contributed by atoms with E-state index in [2.05, 4.69) is 4.98 Å². The second-order valence-electron chi connectivity index (χ2n) is 5.95. The zero-order valence-corrected chi connectivity index (χ0v) is 11.0. The van der Waals surface area contributed by atoms with Crippen molar-refractivity contribution in [2.24, 2.45) is 5.41 Å². The summed E-state index contributed by atoms with van der Waals surface area (Å²) >= 11 is 0. The van der Waals surface area contributed by atoms with Gasteiger partial charge in [-0.1, -0.05) is 13.8 Å². The summed E-state index contributed by atoms with van der Waals surface area (Å²) in [7, 11) is 0. The topological polar surface area (TPSA) is 56.0 Å². The Balaban J connectivity index is 2.33. The molecule has 2 aromatic rings. The van der Waals surface area contributed by atoms with Gasteiger partial charge in [0.25, 0.3) is 0 Å². The van der Waals surface area contributed by atoms with Gasteiger partial charge in [-0.25, -0.2) is 4.39 Å². The summed E-state index contributed by atoms with van der Waals surface area (Å²) in [5, 5.41) is 0.646. The van der Waals surface area contributed by atoms with Gasteiger partial charge in [-0.05, 0) is 24.0 Å². The average molecular weight is 258 g/mol. The van der Waals surface area contributed by atoms with Gasteiger partial charge in [-0.3, -0.25) is 9.78 Å². The van der Waals surface area contributed by atoms with Crippen molar-refractivity contribution >= 4 is 22.4 Å². The largest absolute Gasteiger partial charge is 0.398 e. The molecule has 0 saturated heterocycles. The van der Waals surface area contributed by atoms with Crippen LogP contribution in [0.25, 0.3) is 10.9 Å². The Kier molecular flexibility index (Phi) is 2.39. The smallest absolute Gasteiger partial charge is 0.167 e. The Morgan fingerprint density at radius 3 is 2.79 bits per heavy atom. The van der Waals surface area contributed by atoms with Crippen LogP contribution in [-0.4, -0.2) is 10.8 Å². The molecule has 4 heteroatoms. The normalized spacial score (nSPS) is 17.5. The Bertz CT molecular complexity index is 707. The Morgan fingerprint density at radius 1 is 1.32 bits per heavy atom. The van der Waals surface area contributed by atoms with E-state index in [1.165, 1.54) is 12.1 Å². The number of halogens is 1. The van der Waals surface area contributed by atoms with Gasteiger partial charge in [-0.15, -0.1) is 0 Å². The molecule has 1 heterocycles. The van der Waals surface area contributed by atoms with Gasteiger partial charge in [0, 0.05) is 17.9 Å². The second kappa shape index (κ2) is 3.76. The maximum Gasteiger partial charge on any atom is 0.167 e. The Labute approximate surface area is 110 Å². The maximum atomic E-state index is 13.3. The molecule has 1 aliphatic rings. The summed E-state index contributed by atoms with van der Waals surface area (Å²) in [6.07, 6.45) is 1.16. The molecule has 3 nitrogen and oxygen atoms in total. The lowest BCUT2D eigenvalue weighted by atomic mass is 9.75. The quantitative estimate of drug-likeness (QED) is 0.790. The van der Waals surface area contributed by atoms with Gasteiger partial charge in [0.05, 0.1) is 22.5 Å². The number of fused-ring (bicyclic) bond motifs is 2. The van der Waals surface area contributed by atoms with Crippen molar-refractivity contribution in [3.8, 4) is 0 Å². The molecular formula is C15H15FN2O. The zero-order chi connectivity index (χ0) is 13.8. The van der Waals surface area contributed by atoms with Crippen LogP contribution in [0.1, 0.15) is 36.3 Å². The molecule has 98 valence electrons. The highest BCUT2D eigenvalue weighted by Crippen LogP contribution is 2.38. The first kappa shape index (κ1) is 12.1. The van der Waals surface area contributed by atoms with Gasteiger partial charge in [0.1, 0.15) is 5.82 Å². The minimum atomic E-state index is -0.347. The molecule has 0 amide bonds. The highest BCUT2D eigenvalue weighted by molar-refractivity contribution is 6.09. The van der Waals surface area contributed by atoms with E-state index >= 15 is 0 Å². The van der Waals surface area contributed by atoms with Gasteiger partial charge in [0.2, 0.25) is 0 Å². The van der Waals surface area contributed by atoms with Crippen molar-refractivity contribution in [3.63, 3.8) is 0 Å². The van der Waals surface area contributed by atoms with E-state index in [0.717, 1.165) is 0 Å². The first-order chi connectivity index (χ1) is 8.87. The van der Waals surface area contributed by atoms with Crippen LogP contribution in [0.15, 0.2) is 18.2 Å². The van der Waals surface area contributed by atoms with Crippen molar-refractivity contribution in [2.45, 2.75) is 26.7 Å². The van der Waals surface area contributed by atoms with Gasteiger partial charge in [-0.2, -0.15) is 0 Å². The number of hydrogen-bond donors (Lipinski definition) is 1. The predicted molar refractivity (Wildman–Crippen MR) is 72.5 cm³/mol. The van der Waals surface area contributed by atoms with Crippen LogP contribution >= 0.6 is 0 Å². The minimum absolute atomic E-state index is 0.0301. The van der Waals surface area contributed by atoms with E-state index in [1.807, 2.05) is 13.8 Å². The van der Waals surface area contributed by atoms with Crippen molar-refractivity contribution < 1.29 is 9.18 Å². The molecule has 0 radical (unpaired) electrons. The van der Waals surface area contributed by atoms with Gasteiger partial charge >= 0.3 is 0 Å². The summed E-state index contributed by atoms with van der Waals surface area (Å²) < 4.78 is 13.3. The molecule has 0 fully saturated rings. The van der Waals surface area contributed by atoms with Gasteiger partial charge < -0.3 is 5.73 Å². The summed E-state index contributed by atoms with van der Waals surface area (Å²) in [4.78, 5) is 16.7. The lowest BCUT2D eigenvalue weighted by Gasteiger charge is -2.30. The molecular weight excluding hydrogens is 243 g/mol. The van der Waals surface area contributed by atoms with E-state index in [4.69, 9.17) is 5.73 Å². The second-order valence-corrected chi connectivity index (χ2v) is 5.95. The number of nitrogens with zero attached hydrogens (tertiary/aromatic N) is 1. The third-order valence-corrected chi connectivity index (χ3v) is 3.63. The minimum Gasteiger partial charge on any atom is -0.398 e. The summed E-state index contributed by atoms with van der Waals surface area (Å²) in [5.74, 6) is -0.316. The first-order valence-electron chi connectivity index (χ1n) is 6.28. The number of Topliss-reactive ketones (excluding diaryl/α,β-unsaturated/α-hetero) is 1. The molecule has 0 saturated carbocycles. The molecule has 1 aromatic heterocycles. The van der Waals surface area contributed by atoms with Crippen LogP contribution in [0, 0.1) is 11.2 Å². The lowest BCUT2D eigenvalue weighted by Crippen LogP contribution is -2.28. The number of carbonyl (C=O) groups is 1. The third-order valence-electron chi connectivity index (χ3n) is 3.63. The Hall–Kier alpha value is -1.97. The number of carbonyl (C=O) groups excluding carboxylic acids is 1. The number of hydrogen-bond acceptors (Lipinski definition) is 3. The van der Waals surface area contributed by atoms with Crippen molar-refractivity contribution in [2.75, 3.05) is 5.73 Å². The maximum absolute atomic E-state index is 13.3. The molecule has 3 rings (SSSR count). The SMILES string of the molecule is CC1(C)CC(=O)c2c(nc3cc(F)ccc3c2N)C1. The van der Waals surface area contributed by atoms with Crippen molar-refractivity contribution in [1.29, 1.82) is 0 Å². The summed E-state index contributed by atoms with van der Waals surface area (Å²) in [5.41, 5.74) is 8.13. The standard InChI is InChI=1S/C15H15FN2O/c1-15(2)6-11-13(12(19)7-15)14(17)9-4-3-8(16)5-10(9)18-11/h3-5H,6-7H2,1-2H3,(H2,17,18). The number of nitrogens with two attached hydrogens (primary N) is 1. The lowest BCUT2D eigenvalue weighted by molar-refractivity contribution is 0.0912. The number of ketones is 1. The van der Waals surface area contributed by atoms with Crippen molar-refractivity contribution in [3.05, 3.63) is 35.3 Å². The predicted octanol–water partition coefficient (Wildman–Crippen LogP) is 3.11. The monoisotopic (exact) mass is 258 g/mol. The molecule has 0 atom stereocenters. The molecule has 19 heavy (non-hydrogen) atoms. The highest BCUT2D eigenvalue weighted by Gasteiger charge is 2.33. The zero-order valence-electron chi connectivity index (χ0n) is 11.0. The van der Waals surface area contributed by atoms with Crippen LogP contribution < -0.4 is 5.73 Å². The van der Waals surface area contributed by atoms with Crippen LogP contribution in [0.5, 0.6) is 0 Å². The molecule has 1 aromatic carbocycles.